The third-order valence-corrected chi connectivity index (χ3v) is 4.86. The Hall–Kier alpha value is -2.51. The lowest BCUT2D eigenvalue weighted by Crippen LogP contribution is -2.16. The molecule has 0 aliphatic rings. The molecule has 6 nitrogen and oxygen atoms in total. The lowest BCUT2D eigenvalue weighted by atomic mass is 10.1. The minimum absolute atomic E-state index is 0.0352. The van der Waals surface area contributed by atoms with E-state index < -0.39 is 0 Å². The number of rotatable bonds is 7. The quantitative estimate of drug-likeness (QED) is 0.633. The molecule has 25 heavy (non-hydrogen) atoms. The highest BCUT2D eigenvalue weighted by Gasteiger charge is 2.15. The van der Waals surface area contributed by atoms with E-state index in [-0.39, 0.29) is 30.2 Å². The number of carbonyl (C=O) groups excluding carboxylic acids is 1. The van der Waals surface area contributed by atoms with Gasteiger partial charge in [0.05, 0.1) is 12.5 Å². The summed E-state index contributed by atoms with van der Waals surface area (Å²) in [5.74, 6) is 0.615. The molecule has 3 aromatic rings. The highest BCUT2D eigenvalue weighted by atomic mass is 32.1. The van der Waals surface area contributed by atoms with E-state index in [0.717, 1.165) is 16.9 Å². The predicted octanol–water partition coefficient (Wildman–Crippen LogP) is 2.34. The maximum atomic E-state index is 12.4. The molecule has 3 rings (SSSR count). The topological polar surface area (TPSA) is 92.3 Å². The molecule has 0 spiro atoms. The third-order valence-electron chi connectivity index (χ3n) is 3.94. The molecule has 1 aromatic carbocycles. The Morgan fingerprint density at radius 2 is 2.20 bits per heavy atom. The highest BCUT2D eigenvalue weighted by molar-refractivity contribution is 7.16. The molecule has 0 saturated carbocycles. The first-order valence-corrected chi connectivity index (χ1v) is 8.77. The number of thiophene rings is 1. The van der Waals surface area contributed by atoms with Crippen molar-refractivity contribution in [2.45, 2.75) is 19.3 Å². The Bertz CT molecular complexity index is 961. The first-order chi connectivity index (χ1) is 12.1. The van der Waals surface area contributed by atoms with Crippen molar-refractivity contribution in [1.82, 2.24) is 9.97 Å². The summed E-state index contributed by atoms with van der Waals surface area (Å²) in [4.78, 5) is 32.1. The van der Waals surface area contributed by atoms with Gasteiger partial charge >= 0.3 is 0 Å². The fourth-order valence-electron chi connectivity index (χ4n) is 2.65. The van der Waals surface area contributed by atoms with Crippen LogP contribution in [0.4, 0.5) is 0 Å². The van der Waals surface area contributed by atoms with Crippen LogP contribution in [0.25, 0.3) is 10.2 Å². The molecular weight excluding hydrogens is 340 g/mol. The molecular formula is C18H18N2O4S. The zero-order chi connectivity index (χ0) is 17.8. The second kappa shape index (κ2) is 7.58. The van der Waals surface area contributed by atoms with Gasteiger partial charge in [-0.15, -0.1) is 11.3 Å². The third kappa shape index (κ3) is 3.78. The minimum atomic E-state index is -0.334. The molecule has 2 N–H and O–H groups in total. The monoisotopic (exact) mass is 358 g/mol. The van der Waals surface area contributed by atoms with E-state index in [9.17, 15) is 9.59 Å². The second-order valence-electron chi connectivity index (χ2n) is 5.60. The number of aromatic nitrogens is 2. The number of aryl methyl sites for hydroxylation is 1. The van der Waals surface area contributed by atoms with E-state index >= 15 is 0 Å². The lowest BCUT2D eigenvalue weighted by molar-refractivity contribution is 0.0973. The summed E-state index contributed by atoms with van der Waals surface area (Å²) in [6.45, 7) is -0.0352. The Morgan fingerprint density at radius 1 is 1.36 bits per heavy atom. The van der Waals surface area contributed by atoms with Gasteiger partial charge in [-0.2, -0.15) is 0 Å². The number of fused-ring (bicyclic) bond motifs is 1. The van der Waals surface area contributed by atoms with Crippen LogP contribution in [0.2, 0.25) is 0 Å². The summed E-state index contributed by atoms with van der Waals surface area (Å²) in [5, 5.41) is 11.3. The van der Waals surface area contributed by atoms with E-state index in [1.807, 2.05) is 24.3 Å². The molecule has 2 aromatic heterocycles. The van der Waals surface area contributed by atoms with Crippen LogP contribution in [0.5, 0.6) is 5.75 Å². The van der Waals surface area contributed by atoms with Gasteiger partial charge in [0.25, 0.3) is 5.56 Å². The van der Waals surface area contributed by atoms with Gasteiger partial charge in [-0.3, -0.25) is 9.59 Å². The van der Waals surface area contributed by atoms with Crippen LogP contribution in [0, 0.1) is 0 Å². The van der Waals surface area contributed by atoms with Gasteiger partial charge < -0.3 is 14.8 Å². The van der Waals surface area contributed by atoms with E-state index in [4.69, 9.17) is 9.84 Å². The van der Waals surface area contributed by atoms with Gasteiger partial charge in [-0.25, -0.2) is 4.98 Å². The van der Waals surface area contributed by atoms with Crippen LogP contribution < -0.4 is 10.3 Å². The van der Waals surface area contributed by atoms with Crippen molar-refractivity contribution in [3.8, 4) is 5.75 Å². The number of Topliss-reactive ketones (excluding diaryl/α,β-unsaturated/α-hetero) is 1. The number of nitrogens with zero attached hydrogens (tertiary/aromatic N) is 1. The minimum Gasteiger partial charge on any atom is -0.497 e. The molecule has 0 fully saturated rings. The number of carbonyl (C=O) groups is 1. The summed E-state index contributed by atoms with van der Waals surface area (Å²) in [6.07, 6.45) is 1.18. The van der Waals surface area contributed by atoms with E-state index in [1.54, 1.807) is 12.5 Å². The van der Waals surface area contributed by atoms with Crippen LogP contribution in [0.15, 0.2) is 34.4 Å². The number of aliphatic hydroxyl groups is 1. The first-order valence-electron chi connectivity index (χ1n) is 7.89. The fourth-order valence-corrected chi connectivity index (χ4v) is 3.62. The van der Waals surface area contributed by atoms with Crippen LogP contribution in [-0.2, 0) is 12.8 Å². The number of aromatic amines is 1. The fraction of sp³-hybridized carbons (Fsp3) is 0.278. The molecule has 0 atom stereocenters. The normalized spacial score (nSPS) is 11.0. The maximum absolute atomic E-state index is 12.4. The maximum Gasteiger partial charge on any atom is 0.260 e. The number of aliphatic hydroxyl groups excluding tert-OH is 1. The molecule has 0 aliphatic heterocycles. The summed E-state index contributed by atoms with van der Waals surface area (Å²) in [5.41, 5.74) is 1.41. The van der Waals surface area contributed by atoms with Crippen molar-refractivity contribution >= 4 is 27.3 Å². The van der Waals surface area contributed by atoms with Crippen molar-refractivity contribution in [2.75, 3.05) is 13.7 Å². The Morgan fingerprint density at radius 3 is 2.96 bits per heavy atom. The van der Waals surface area contributed by atoms with Gasteiger partial charge in [-0.1, -0.05) is 12.1 Å². The summed E-state index contributed by atoms with van der Waals surface area (Å²) in [7, 11) is 1.60. The highest BCUT2D eigenvalue weighted by Crippen LogP contribution is 2.22. The molecule has 7 heteroatoms. The number of H-pyrrole nitrogens is 1. The molecule has 0 amide bonds. The van der Waals surface area contributed by atoms with Crippen LogP contribution in [0.3, 0.4) is 0 Å². The van der Waals surface area contributed by atoms with Crippen molar-refractivity contribution in [3.05, 3.63) is 57.0 Å². The largest absolute Gasteiger partial charge is 0.497 e. The van der Waals surface area contributed by atoms with E-state index in [1.165, 1.54) is 11.3 Å². The number of methoxy groups -OCH3 is 1. The summed E-state index contributed by atoms with van der Waals surface area (Å²) >= 11 is 1.31. The number of benzene rings is 1. The van der Waals surface area contributed by atoms with Gasteiger partial charge in [0, 0.05) is 13.0 Å². The molecule has 130 valence electrons. The van der Waals surface area contributed by atoms with Gasteiger partial charge in [0.15, 0.2) is 11.6 Å². The summed E-state index contributed by atoms with van der Waals surface area (Å²) in [6, 6.07) is 7.53. The molecule has 0 aliphatic carbocycles. The van der Waals surface area contributed by atoms with Crippen molar-refractivity contribution in [2.24, 2.45) is 0 Å². The predicted molar refractivity (Wildman–Crippen MR) is 96.7 cm³/mol. The Labute approximate surface area is 148 Å². The van der Waals surface area contributed by atoms with Crippen LogP contribution >= 0.6 is 11.3 Å². The molecule has 0 saturated heterocycles. The average molecular weight is 358 g/mol. The van der Waals surface area contributed by atoms with Gasteiger partial charge in [-0.05, 0) is 41.5 Å². The second-order valence-corrected chi connectivity index (χ2v) is 6.46. The number of hydrogen-bond acceptors (Lipinski definition) is 6. The molecule has 0 radical (unpaired) electrons. The molecule has 0 bridgehead atoms. The SMILES string of the molecule is COc1cccc(CCC(=O)c2nc3scc(CCO)c3c(=O)[nH]2)c1. The molecule has 0 unspecified atom stereocenters. The number of ketones is 1. The summed E-state index contributed by atoms with van der Waals surface area (Å²) < 4.78 is 5.17. The number of hydrogen-bond donors (Lipinski definition) is 2. The number of ether oxygens (including phenoxy) is 1. The lowest BCUT2D eigenvalue weighted by Gasteiger charge is -2.04. The van der Waals surface area contributed by atoms with Gasteiger partial charge in [0.1, 0.15) is 10.6 Å². The first kappa shape index (κ1) is 17.3. The van der Waals surface area contributed by atoms with Gasteiger partial charge in [0.2, 0.25) is 0 Å². The smallest absolute Gasteiger partial charge is 0.260 e. The van der Waals surface area contributed by atoms with Crippen molar-refractivity contribution in [1.29, 1.82) is 0 Å². The number of nitrogens with one attached hydrogen (secondary N) is 1. The zero-order valence-electron chi connectivity index (χ0n) is 13.7. The average Bonchev–Trinajstić information content (AvgIpc) is 3.03. The standard InChI is InChI=1S/C18H18N2O4S/c1-24-13-4-2-3-11(9-13)5-6-14(22)16-19-17(23)15-12(7-8-21)10-25-18(15)20-16/h2-4,9-10,21H,5-8H2,1H3,(H,19,20,23). The molecule has 2 heterocycles. The van der Waals surface area contributed by atoms with E-state index in [0.29, 0.717) is 23.1 Å². The van der Waals surface area contributed by atoms with Crippen LogP contribution in [-0.4, -0.2) is 34.6 Å². The van der Waals surface area contributed by atoms with Crippen molar-refractivity contribution < 1.29 is 14.6 Å². The van der Waals surface area contributed by atoms with E-state index in [2.05, 4.69) is 9.97 Å². The van der Waals surface area contributed by atoms with Crippen LogP contribution in [0.1, 0.15) is 28.2 Å². The Balaban J connectivity index is 1.79. The Kier molecular flexibility index (Phi) is 5.25. The van der Waals surface area contributed by atoms with Crippen molar-refractivity contribution in [3.63, 3.8) is 0 Å². The zero-order valence-corrected chi connectivity index (χ0v) is 14.6.